The van der Waals surface area contributed by atoms with Crippen LogP contribution in [0.2, 0.25) is 0 Å². The van der Waals surface area contributed by atoms with Crippen LogP contribution in [0, 0.1) is 0 Å². The molecule has 0 aliphatic rings. The molecular weight excluding hydrogens is 572 g/mol. The van der Waals surface area contributed by atoms with Gasteiger partial charge >= 0.3 is 11.9 Å². The zero-order chi connectivity index (χ0) is 33.6. The monoisotopic (exact) mass is 647 g/mol. The summed E-state index contributed by atoms with van der Waals surface area (Å²) in [6.07, 6.45) is 44.9. The standard InChI is InChI=1S/C41H74O5/c1-3-5-7-9-11-13-15-17-19-20-22-23-25-27-29-31-33-35-40(43)45-38-39(37-42)46-41(44)36-34-32-30-28-26-24-21-18-16-14-12-10-8-6-4-2/h12,14,18,21,26,28,39,42H,3-11,13,15-17,19-20,22-25,27,29-38H2,1-2H3. The molecule has 46 heavy (non-hydrogen) atoms. The lowest BCUT2D eigenvalue weighted by molar-refractivity contribution is -0.161. The van der Waals surface area contributed by atoms with Gasteiger partial charge in [0.1, 0.15) is 6.61 Å². The number of aliphatic hydroxyl groups excluding tert-OH is 1. The van der Waals surface area contributed by atoms with Crippen LogP contribution in [-0.4, -0.2) is 36.4 Å². The SMILES string of the molecule is CCCCCC=CCC=CCC=CCCCCC(=O)OC(CO)COC(=O)CCCCCCCCCCCCCCCCCCC. The van der Waals surface area contributed by atoms with Crippen LogP contribution >= 0.6 is 0 Å². The first-order valence-corrected chi connectivity index (χ1v) is 19.5. The first-order chi connectivity index (χ1) is 22.6. The summed E-state index contributed by atoms with van der Waals surface area (Å²) in [6.45, 7) is 4.08. The molecule has 0 rings (SSSR count). The molecule has 0 fully saturated rings. The molecular formula is C41H74O5. The predicted octanol–water partition coefficient (Wildman–Crippen LogP) is 12.1. The predicted molar refractivity (Wildman–Crippen MR) is 196 cm³/mol. The van der Waals surface area contributed by atoms with E-state index in [4.69, 9.17) is 9.47 Å². The average molecular weight is 647 g/mol. The smallest absolute Gasteiger partial charge is 0.306 e. The number of hydrogen-bond acceptors (Lipinski definition) is 5. The van der Waals surface area contributed by atoms with Crippen LogP contribution in [0.15, 0.2) is 36.5 Å². The van der Waals surface area contributed by atoms with Crippen LogP contribution in [0.3, 0.4) is 0 Å². The number of ether oxygens (including phenoxy) is 2. The number of hydrogen-bond donors (Lipinski definition) is 1. The van der Waals surface area contributed by atoms with Crippen molar-refractivity contribution in [3.8, 4) is 0 Å². The van der Waals surface area contributed by atoms with Gasteiger partial charge in [0.05, 0.1) is 6.61 Å². The van der Waals surface area contributed by atoms with Crippen LogP contribution in [0.1, 0.15) is 194 Å². The van der Waals surface area contributed by atoms with E-state index in [0.717, 1.165) is 51.4 Å². The summed E-state index contributed by atoms with van der Waals surface area (Å²) in [7, 11) is 0. The van der Waals surface area contributed by atoms with E-state index in [1.165, 1.54) is 116 Å². The number of carbonyl (C=O) groups is 2. The Bertz CT molecular complexity index is 741. The van der Waals surface area contributed by atoms with E-state index in [2.05, 4.69) is 50.3 Å². The van der Waals surface area contributed by atoms with Gasteiger partial charge in [-0.1, -0.05) is 166 Å². The average Bonchev–Trinajstić information content (AvgIpc) is 3.06. The number of rotatable bonds is 35. The van der Waals surface area contributed by atoms with Crippen LogP contribution in [0.25, 0.3) is 0 Å². The minimum Gasteiger partial charge on any atom is -0.462 e. The molecule has 0 bridgehead atoms. The van der Waals surface area contributed by atoms with Gasteiger partial charge in [-0.2, -0.15) is 0 Å². The molecule has 0 aromatic heterocycles. The summed E-state index contributed by atoms with van der Waals surface area (Å²) < 4.78 is 10.6. The number of unbranched alkanes of at least 4 members (excludes halogenated alkanes) is 21. The van der Waals surface area contributed by atoms with E-state index in [1.54, 1.807) is 0 Å². The zero-order valence-corrected chi connectivity index (χ0v) is 30.3. The van der Waals surface area contributed by atoms with Crippen LogP contribution in [0.5, 0.6) is 0 Å². The molecule has 0 aliphatic carbocycles. The summed E-state index contributed by atoms with van der Waals surface area (Å²) in [5, 5.41) is 9.54. The molecule has 1 unspecified atom stereocenters. The first kappa shape index (κ1) is 44.1. The zero-order valence-electron chi connectivity index (χ0n) is 30.3. The molecule has 0 heterocycles. The van der Waals surface area contributed by atoms with Crippen LogP contribution < -0.4 is 0 Å². The number of carbonyl (C=O) groups excluding carboxylic acids is 2. The molecule has 0 aromatic carbocycles. The van der Waals surface area contributed by atoms with Gasteiger partial charge < -0.3 is 14.6 Å². The summed E-state index contributed by atoms with van der Waals surface area (Å²) in [4.78, 5) is 24.2. The van der Waals surface area contributed by atoms with Gasteiger partial charge in [0.2, 0.25) is 0 Å². The van der Waals surface area contributed by atoms with E-state index < -0.39 is 6.10 Å². The molecule has 5 nitrogen and oxygen atoms in total. The summed E-state index contributed by atoms with van der Waals surface area (Å²) in [6, 6.07) is 0. The molecule has 0 radical (unpaired) electrons. The Morgan fingerprint density at radius 1 is 0.500 bits per heavy atom. The van der Waals surface area contributed by atoms with E-state index in [1.807, 2.05) is 0 Å². The molecule has 1 N–H and O–H groups in total. The van der Waals surface area contributed by atoms with Crippen molar-refractivity contribution in [2.75, 3.05) is 13.2 Å². The van der Waals surface area contributed by atoms with Crippen molar-refractivity contribution >= 4 is 11.9 Å². The third-order valence-corrected chi connectivity index (χ3v) is 8.44. The van der Waals surface area contributed by atoms with Crippen molar-refractivity contribution in [2.45, 2.75) is 200 Å². The topological polar surface area (TPSA) is 72.8 Å². The third kappa shape index (κ3) is 35.0. The fraction of sp³-hybridized carbons (Fsp3) is 0.805. The maximum Gasteiger partial charge on any atom is 0.306 e. The highest BCUT2D eigenvalue weighted by Gasteiger charge is 2.16. The number of esters is 2. The lowest BCUT2D eigenvalue weighted by Crippen LogP contribution is -2.28. The maximum atomic E-state index is 12.1. The summed E-state index contributed by atoms with van der Waals surface area (Å²) in [5.41, 5.74) is 0. The molecule has 0 aliphatic heterocycles. The molecule has 1 atom stereocenters. The highest BCUT2D eigenvalue weighted by Crippen LogP contribution is 2.14. The Kier molecular flexibility index (Phi) is 36.0. The van der Waals surface area contributed by atoms with Crippen molar-refractivity contribution < 1.29 is 24.2 Å². The Morgan fingerprint density at radius 2 is 0.870 bits per heavy atom. The van der Waals surface area contributed by atoms with Gasteiger partial charge in [-0.05, 0) is 51.4 Å². The van der Waals surface area contributed by atoms with Gasteiger partial charge in [0.25, 0.3) is 0 Å². The third-order valence-electron chi connectivity index (χ3n) is 8.44. The van der Waals surface area contributed by atoms with Crippen molar-refractivity contribution in [3.63, 3.8) is 0 Å². The Morgan fingerprint density at radius 3 is 1.35 bits per heavy atom. The van der Waals surface area contributed by atoms with Gasteiger partial charge in [-0.25, -0.2) is 0 Å². The lowest BCUT2D eigenvalue weighted by Gasteiger charge is -2.15. The minimum absolute atomic E-state index is 0.0784. The van der Waals surface area contributed by atoms with Gasteiger partial charge in [0.15, 0.2) is 6.10 Å². The van der Waals surface area contributed by atoms with Crippen LogP contribution in [-0.2, 0) is 19.1 Å². The number of allylic oxidation sites excluding steroid dienone is 6. The minimum atomic E-state index is -0.787. The van der Waals surface area contributed by atoms with Gasteiger partial charge in [-0.15, -0.1) is 0 Å². The quantitative estimate of drug-likeness (QED) is 0.0421. The van der Waals surface area contributed by atoms with Crippen molar-refractivity contribution in [2.24, 2.45) is 0 Å². The van der Waals surface area contributed by atoms with E-state index in [9.17, 15) is 14.7 Å². The second-order valence-corrected chi connectivity index (χ2v) is 13.0. The Balaban J connectivity index is 3.59. The van der Waals surface area contributed by atoms with Crippen molar-refractivity contribution in [3.05, 3.63) is 36.5 Å². The second kappa shape index (κ2) is 37.6. The summed E-state index contributed by atoms with van der Waals surface area (Å²) in [5.74, 6) is -0.631. The Labute approximate surface area is 285 Å². The van der Waals surface area contributed by atoms with Crippen molar-refractivity contribution in [1.29, 1.82) is 0 Å². The fourth-order valence-electron chi connectivity index (χ4n) is 5.44. The first-order valence-electron chi connectivity index (χ1n) is 19.5. The van der Waals surface area contributed by atoms with Crippen molar-refractivity contribution in [1.82, 2.24) is 0 Å². The molecule has 5 heteroatoms. The molecule has 0 saturated carbocycles. The van der Waals surface area contributed by atoms with E-state index in [-0.39, 0.29) is 25.2 Å². The molecule has 268 valence electrons. The highest BCUT2D eigenvalue weighted by atomic mass is 16.6. The molecule has 0 aromatic rings. The van der Waals surface area contributed by atoms with E-state index >= 15 is 0 Å². The van der Waals surface area contributed by atoms with Crippen LogP contribution in [0.4, 0.5) is 0 Å². The van der Waals surface area contributed by atoms with Gasteiger partial charge in [0, 0.05) is 12.8 Å². The normalized spacial score (nSPS) is 12.5. The fourth-order valence-corrected chi connectivity index (χ4v) is 5.44. The lowest BCUT2D eigenvalue weighted by atomic mass is 10.0. The molecule has 0 spiro atoms. The number of aliphatic hydroxyl groups is 1. The van der Waals surface area contributed by atoms with Gasteiger partial charge in [-0.3, -0.25) is 9.59 Å². The highest BCUT2D eigenvalue weighted by molar-refractivity contribution is 5.70. The molecule has 0 saturated heterocycles. The second-order valence-electron chi connectivity index (χ2n) is 13.0. The largest absolute Gasteiger partial charge is 0.462 e. The summed E-state index contributed by atoms with van der Waals surface area (Å²) >= 11 is 0. The van der Waals surface area contributed by atoms with E-state index in [0.29, 0.717) is 12.8 Å². The Hall–Kier alpha value is -1.88. The maximum absolute atomic E-state index is 12.1. The molecule has 0 amide bonds.